The van der Waals surface area contributed by atoms with E-state index < -0.39 is 6.10 Å². The van der Waals surface area contributed by atoms with Crippen LogP contribution in [0.15, 0.2) is 60.1 Å². The van der Waals surface area contributed by atoms with Gasteiger partial charge < -0.3 is 15.4 Å². The second-order valence-electron chi connectivity index (χ2n) is 7.53. The molecule has 5 heteroatoms. The van der Waals surface area contributed by atoms with E-state index in [1.165, 1.54) is 26.6 Å². The molecule has 2 atom stereocenters. The van der Waals surface area contributed by atoms with Crippen LogP contribution in [0.3, 0.4) is 0 Å². The Kier molecular flexibility index (Phi) is 4.91. The number of aliphatic hydroxyl groups is 1. The van der Waals surface area contributed by atoms with Crippen LogP contribution in [0, 0.1) is 0 Å². The standard InChI is InChI=1S/C23H25N3OS/c27-22(19-15-28-23-7-2-1-4-18(19)23)9-12-26-13-11-24-14-21(26)17-5-3-6-20-16(17)8-10-25-20/h1-8,10,15,21-22,24-25,27H,9,11-14H2. The summed E-state index contributed by atoms with van der Waals surface area (Å²) in [6.45, 7) is 3.83. The van der Waals surface area contributed by atoms with Crippen molar-refractivity contribution in [1.82, 2.24) is 15.2 Å². The van der Waals surface area contributed by atoms with Gasteiger partial charge in [0, 0.05) is 54.0 Å². The van der Waals surface area contributed by atoms with Crippen molar-refractivity contribution in [3.05, 3.63) is 71.2 Å². The molecule has 2 aromatic carbocycles. The minimum Gasteiger partial charge on any atom is -0.388 e. The zero-order valence-corrected chi connectivity index (χ0v) is 16.6. The lowest BCUT2D eigenvalue weighted by molar-refractivity contribution is 0.111. The molecule has 0 aliphatic carbocycles. The van der Waals surface area contributed by atoms with Gasteiger partial charge in [-0.25, -0.2) is 0 Å². The predicted octanol–water partition coefficient (Wildman–Crippen LogP) is 4.45. The number of nitrogens with one attached hydrogen (secondary N) is 2. The van der Waals surface area contributed by atoms with Crippen molar-refractivity contribution in [2.45, 2.75) is 18.6 Å². The molecule has 3 N–H and O–H groups in total. The summed E-state index contributed by atoms with van der Waals surface area (Å²) in [6.07, 6.45) is 2.34. The average Bonchev–Trinajstić information content (AvgIpc) is 3.39. The van der Waals surface area contributed by atoms with Gasteiger partial charge in [0.1, 0.15) is 0 Å². The molecule has 4 nitrogen and oxygen atoms in total. The van der Waals surface area contributed by atoms with Crippen LogP contribution in [-0.4, -0.2) is 41.2 Å². The van der Waals surface area contributed by atoms with Gasteiger partial charge in [0.05, 0.1) is 6.10 Å². The molecule has 0 amide bonds. The summed E-state index contributed by atoms with van der Waals surface area (Å²) in [4.78, 5) is 5.85. The first-order valence-corrected chi connectivity index (χ1v) is 10.8. The van der Waals surface area contributed by atoms with Gasteiger partial charge in [-0.1, -0.05) is 30.3 Å². The molecule has 0 radical (unpaired) electrons. The van der Waals surface area contributed by atoms with Gasteiger partial charge in [-0.3, -0.25) is 4.90 Å². The Morgan fingerprint density at radius 1 is 1.11 bits per heavy atom. The minimum atomic E-state index is -0.422. The van der Waals surface area contributed by atoms with Gasteiger partial charge in [-0.15, -0.1) is 11.3 Å². The third-order valence-corrected chi connectivity index (χ3v) is 6.88. The van der Waals surface area contributed by atoms with E-state index in [1.807, 2.05) is 6.20 Å². The van der Waals surface area contributed by atoms with Crippen LogP contribution in [0.4, 0.5) is 0 Å². The molecule has 2 unspecified atom stereocenters. The molecule has 0 bridgehead atoms. The average molecular weight is 392 g/mol. The zero-order valence-electron chi connectivity index (χ0n) is 15.8. The van der Waals surface area contributed by atoms with Gasteiger partial charge in [-0.05, 0) is 46.5 Å². The zero-order chi connectivity index (χ0) is 18.9. The lowest BCUT2D eigenvalue weighted by Crippen LogP contribution is -2.46. The molecule has 3 heterocycles. The van der Waals surface area contributed by atoms with Gasteiger partial charge >= 0.3 is 0 Å². The summed E-state index contributed by atoms with van der Waals surface area (Å²) in [5.74, 6) is 0. The summed E-state index contributed by atoms with van der Waals surface area (Å²) in [6, 6.07) is 17.4. The van der Waals surface area contributed by atoms with Crippen LogP contribution >= 0.6 is 11.3 Å². The smallest absolute Gasteiger partial charge is 0.0816 e. The van der Waals surface area contributed by atoms with Crippen LogP contribution < -0.4 is 5.32 Å². The highest BCUT2D eigenvalue weighted by molar-refractivity contribution is 7.17. The largest absolute Gasteiger partial charge is 0.388 e. The second-order valence-corrected chi connectivity index (χ2v) is 8.44. The first-order chi connectivity index (χ1) is 13.8. The Hall–Kier alpha value is -2.18. The SMILES string of the molecule is OC(CCN1CCNCC1c1cccc2[nH]ccc12)c1csc2ccccc12. The maximum Gasteiger partial charge on any atom is 0.0816 e. The van der Waals surface area contributed by atoms with E-state index in [0.29, 0.717) is 6.04 Å². The number of hydrogen-bond acceptors (Lipinski definition) is 4. The maximum absolute atomic E-state index is 10.9. The number of rotatable bonds is 5. The quantitative estimate of drug-likeness (QED) is 0.471. The Morgan fingerprint density at radius 3 is 3.00 bits per heavy atom. The molecule has 28 heavy (non-hydrogen) atoms. The number of benzene rings is 2. The molecule has 2 aromatic heterocycles. The Bertz CT molecular complexity index is 1090. The van der Waals surface area contributed by atoms with E-state index >= 15 is 0 Å². The summed E-state index contributed by atoms with van der Waals surface area (Å²) in [7, 11) is 0. The molecule has 144 valence electrons. The molecule has 5 rings (SSSR count). The highest BCUT2D eigenvalue weighted by Gasteiger charge is 2.26. The number of thiophene rings is 1. The number of nitrogens with zero attached hydrogens (tertiary/aromatic N) is 1. The Balaban J connectivity index is 1.35. The number of fused-ring (bicyclic) bond motifs is 2. The fourth-order valence-electron chi connectivity index (χ4n) is 4.42. The minimum absolute atomic E-state index is 0.333. The molecule has 1 aliphatic heterocycles. The third kappa shape index (κ3) is 3.25. The lowest BCUT2D eigenvalue weighted by Gasteiger charge is -2.37. The molecule has 1 aliphatic rings. The number of hydrogen-bond donors (Lipinski definition) is 3. The molecule has 1 saturated heterocycles. The highest BCUT2D eigenvalue weighted by Crippen LogP contribution is 2.33. The summed E-state index contributed by atoms with van der Waals surface area (Å²) >= 11 is 1.72. The number of aromatic amines is 1. The van der Waals surface area contributed by atoms with Gasteiger partial charge in [0.15, 0.2) is 0 Å². The van der Waals surface area contributed by atoms with Gasteiger partial charge in [0.2, 0.25) is 0 Å². The van der Waals surface area contributed by atoms with E-state index in [0.717, 1.165) is 38.2 Å². The van der Waals surface area contributed by atoms with Crippen LogP contribution in [0.25, 0.3) is 21.0 Å². The Labute approximate surface area is 168 Å². The van der Waals surface area contributed by atoms with E-state index in [1.54, 1.807) is 11.3 Å². The molecule has 4 aromatic rings. The lowest BCUT2D eigenvalue weighted by atomic mass is 9.98. The maximum atomic E-state index is 10.9. The fourth-order valence-corrected chi connectivity index (χ4v) is 5.43. The van der Waals surface area contributed by atoms with Gasteiger partial charge in [0.25, 0.3) is 0 Å². The molecule has 1 fully saturated rings. The van der Waals surface area contributed by atoms with Gasteiger partial charge in [-0.2, -0.15) is 0 Å². The van der Waals surface area contributed by atoms with Crippen molar-refractivity contribution in [2.24, 2.45) is 0 Å². The Morgan fingerprint density at radius 2 is 2.04 bits per heavy atom. The van der Waals surface area contributed by atoms with Crippen molar-refractivity contribution in [3.63, 3.8) is 0 Å². The normalized spacial score (nSPS) is 19.4. The monoisotopic (exact) mass is 391 g/mol. The number of H-pyrrole nitrogens is 1. The van der Waals surface area contributed by atoms with E-state index in [-0.39, 0.29) is 0 Å². The van der Waals surface area contributed by atoms with Crippen molar-refractivity contribution < 1.29 is 5.11 Å². The third-order valence-electron chi connectivity index (χ3n) is 5.90. The second kappa shape index (κ2) is 7.68. The molecular formula is C23H25N3OS. The van der Waals surface area contributed by atoms with Crippen LogP contribution in [0.5, 0.6) is 0 Å². The van der Waals surface area contributed by atoms with Crippen LogP contribution in [0.1, 0.15) is 29.7 Å². The first kappa shape index (κ1) is 17.9. The molecule has 0 spiro atoms. The summed E-state index contributed by atoms with van der Waals surface area (Å²) < 4.78 is 1.25. The fraction of sp³-hybridized carbons (Fsp3) is 0.304. The van der Waals surface area contributed by atoms with Crippen molar-refractivity contribution in [3.8, 4) is 0 Å². The van der Waals surface area contributed by atoms with Crippen LogP contribution in [-0.2, 0) is 0 Å². The highest BCUT2D eigenvalue weighted by atomic mass is 32.1. The predicted molar refractivity (Wildman–Crippen MR) is 117 cm³/mol. The topological polar surface area (TPSA) is 51.3 Å². The number of aromatic nitrogens is 1. The van der Waals surface area contributed by atoms with Crippen molar-refractivity contribution in [1.29, 1.82) is 0 Å². The molecule has 0 saturated carbocycles. The van der Waals surface area contributed by atoms with E-state index in [9.17, 15) is 5.11 Å². The van der Waals surface area contributed by atoms with E-state index in [2.05, 4.69) is 69.1 Å². The number of aliphatic hydroxyl groups excluding tert-OH is 1. The summed E-state index contributed by atoms with van der Waals surface area (Å²) in [5, 5.41) is 19.0. The van der Waals surface area contributed by atoms with Crippen LogP contribution in [0.2, 0.25) is 0 Å². The van der Waals surface area contributed by atoms with E-state index in [4.69, 9.17) is 0 Å². The summed E-state index contributed by atoms with van der Waals surface area (Å²) in [5.41, 5.74) is 3.62. The first-order valence-electron chi connectivity index (χ1n) is 9.96. The van der Waals surface area contributed by atoms with Crippen molar-refractivity contribution >= 4 is 32.3 Å². The molecular weight excluding hydrogens is 366 g/mol. The number of piperazine rings is 1. The van der Waals surface area contributed by atoms with Crippen molar-refractivity contribution in [2.75, 3.05) is 26.2 Å².